The van der Waals surface area contributed by atoms with Gasteiger partial charge in [0, 0.05) is 6.61 Å². The normalized spacial score (nSPS) is 12.9. The van der Waals surface area contributed by atoms with E-state index in [9.17, 15) is 4.79 Å². The summed E-state index contributed by atoms with van der Waals surface area (Å²) in [5, 5.41) is 9.16. The average Bonchev–Trinajstić information content (AvgIpc) is 2.82. The van der Waals surface area contributed by atoms with Crippen LogP contribution in [0.1, 0.15) is 6.92 Å². The number of nitrogens with two attached hydrogens (primary N) is 1. The van der Waals surface area contributed by atoms with E-state index in [1.807, 2.05) is 6.92 Å². The predicted molar refractivity (Wildman–Crippen MR) is 71.0 cm³/mol. The van der Waals surface area contributed by atoms with E-state index in [1.165, 1.54) is 10.9 Å². The summed E-state index contributed by atoms with van der Waals surface area (Å²) in [6.07, 6.45) is 0.980. The van der Waals surface area contributed by atoms with E-state index in [1.54, 1.807) is 0 Å². The van der Waals surface area contributed by atoms with Gasteiger partial charge in [-0.05, 0) is 6.92 Å². The van der Waals surface area contributed by atoms with E-state index in [0.29, 0.717) is 12.3 Å². The highest BCUT2D eigenvalue weighted by Gasteiger charge is 2.12. The number of fused-ring (bicyclic) bond motifs is 1. The molecule has 0 bridgehead atoms. The third-order valence-corrected chi connectivity index (χ3v) is 2.65. The number of imidazole rings is 1. The summed E-state index contributed by atoms with van der Waals surface area (Å²) in [5.74, 6) is 0.0114. The van der Waals surface area contributed by atoms with Gasteiger partial charge in [0.05, 0.1) is 19.5 Å². The van der Waals surface area contributed by atoms with Crippen molar-refractivity contribution in [3.63, 3.8) is 0 Å². The van der Waals surface area contributed by atoms with Crippen LogP contribution in [0.3, 0.4) is 0 Å². The number of nitrogen functional groups attached to an aromatic ring is 1. The smallest absolute Gasteiger partial charge is 0.280 e. The Balaban J connectivity index is 2.12. The van der Waals surface area contributed by atoms with Crippen LogP contribution < -0.4 is 11.3 Å². The van der Waals surface area contributed by atoms with E-state index in [4.69, 9.17) is 20.3 Å². The first-order chi connectivity index (χ1) is 9.65. The van der Waals surface area contributed by atoms with Crippen molar-refractivity contribution in [2.24, 2.45) is 0 Å². The highest BCUT2D eigenvalue weighted by atomic mass is 16.5. The number of rotatable bonds is 7. The Bertz CT molecular complexity index is 623. The molecule has 0 radical (unpaired) electrons. The number of nitrogens with one attached hydrogen (secondary N) is 1. The second-order valence-electron chi connectivity index (χ2n) is 4.10. The zero-order valence-electron chi connectivity index (χ0n) is 11.1. The monoisotopic (exact) mass is 283 g/mol. The lowest BCUT2D eigenvalue weighted by atomic mass is 10.4. The van der Waals surface area contributed by atoms with Crippen molar-refractivity contribution >= 4 is 17.1 Å². The molecular weight excluding hydrogens is 266 g/mol. The van der Waals surface area contributed by atoms with Gasteiger partial charge in [0.1, 0.15) is 12.8 Å². The van der Waals surface area contributed by atoms with Gasteiger partial charge in [-0.15, -0.1) is 0 Å². The molecule has 0 spiro atoms. The lowest BCUT2D eigenvalue weighted by Crippen LogP contribution is -2.25. The predicted octanol–water partition coefficient (Wildman–Crippen LogP) is -0.927. The fourth-order valence-corrected chi connectivity index (χ4v) is 1.65. The maximum absolute atomic E-state index is 11.6. The first kappa shape index (κ1) is 14.4. The van der Waals surface area contributed by atoms with E-state index in [0.717, 1.165) is 0 Å². The molecule has 2 aromatic rings. The minimum Gasteiger partial charge on any atom is -0.394 e. The number of aliphatic hydroxyl groups is 1. The number of hydrogen-bond donors (Lipinski definition) is 3. The molecule has 2 heterocycles. The summed E-state index contributed by atoms with van der Waals surface area (Å²) < 4.78 is 12.2. The van der Waals surface area contributed by atoms with Crippen LogP contribution in [-0.4, -0.2) is 50.6 Å². The number of aromatic nitrogens is 4. The molecule has 0 amide bonds. The van der Waals surface area contributed by atoms with Gasteiger partial charge in [0.2, 0.25) is 5.95 Å². The Morgan fingerprint density at radius 1 is 1.60 bits per heavy atom. The molecule has 1 unspecified atom stereocenters. The van der Waals surface area contributed by atoms with E-state index >= 15 is 0 Å². The Morgan fingerprint density at radius 3 is 3.10 bits per heavy atom. The molecule has 0 aliphatic rings. The van der Waals surface area contributed by atoms with E-state index < -0.39 is 11.7 Å². The summed E-state index contributed by atoms with van der Waals surface area (Å²) in [5.41, 5.74) is 5.61. The molecule has 0 aliphatic heterocycles. The molecule has 4 N–H and O–H groups in total. The van der Waals surface area contributed by atoms with Crippen molar-refractivity contribution in [1.82, 2.24) is 19.5 Å². The standard InChI is InChI=1S/C11H17N5O4/c1-2-19-4-7(3-17)20-6-16-5-13-8-9(16)14-11(12)15-10(8)18/h5,7,17H,2-4,6H2,1H3,(H3,12,14,15,18). The summed E-state index contributed by atoms with van der Waals surface area (Å²) in [4.78, 5) is 21.9. The zero-order chi connectivity index (χ0) is 14.5. The minimum atomic E-state index is -0.452. The Kier molecular flexibility index (Phi) is 4.66. The number of aliphatic hydroxyl groups excluding tert-OH is 1. The fraction of sp³-hybridized carbons (Fsp3) is 0.545. The number of ether oxygens (including phenoxy) is 2. The minimum absolute atomic E-state index is 0.0114. The average molecular weight is 283 g/mol. The summed E-state index contributed by atoms with van der Waals surface area (Å²) in [7, 11) is 0. The summed E-state index contributed by atoms with van der Waals surface area (Å²) >= 11 is 0. The third kappa shape index (κ3) is 3.13. The SMILES string of the molecule is CCOCC(CO)OCn1cnc2c(=O)[nH]c(N)nc21. The van der Waals surface area contributed by atoms with Crippen LogP contribution in [0.25, 0.3) is 11.2 Å². The number of aromatic amines is 1. The van der Waals surface area contributed by atoms with Crippen molar-refractivity contribution in [1.29, 1.82) is 0 Å². The molecule has 9 heteroatoms. The van der Waals surface area contributed by atoms with Gasteiger partial charge in [-0.25, -0.2) is 4.98 Å². The Hall–Kier alpha value is -1.97. The number of nitrogens with zero attached hydrogens (tertiary/aromatic N) is 3. The van der Waals surface area contributed by atoms with Crippen molar-refractivity contribution in [2.45, 2.75) is 19.8 Å². The van der Waals surface area contributed by atoms with E-state index in [2.05, 4.69) is 15.0 Å². The fourth-order valence-electron chi connectivity index (χ4n) is 1.65. The second-order valence-corrected chi connectivity index (χ2v) is 4.10. The largest absolute Gasteiger partial charge is 0.394 e. The van der Waals surface area contributed by atoms with Gasteiger partial charge in [0.25, 0.3) is 5.56 Å². The van der Waals surface area contributed by atoms with Crippen LogP contribution in [0.5, 0.6) is 0 Å². The van der Waals surface area contributed by atoms with Crippen LogP contribution in [-0.2, 0) is 16.2 Å². The topological polar surface area (TPSA) is 128 Å². The maximum atomic E-state index is 11.6. The highest BCUT2D eigenvalue weighted by Crippen LogP contribution is 2.07. The van der Waals surface area contributed by atoms with Gasteiger partial charge in [0.15, 0.2) is 11.2 Å². The van der Waals surface area contributed by atoms with Crippen LogP contribution in [0.4, 0.5) is 5.95 Å². The molecule has 0 aliphatic carbocycles. The van der Waals surface area contributed by atoms with Crippen molar-refractivity contribution in [3.05, 3.63) is 16.7 Å². The Labute approximate surface area is 114 Å². The number of anilines is 1. The lowest BCUT2D eigenvalue weighted by Gasteiger charge is -2.15. The van der Waals surface area contributed by atoms with Crippen LogP contribution in [0, 0.1) is 0 Å². The molecule has 9 nitrogen and oxygen atoms in total. The maximum Gasteiger partial charge on any atom is 0.280 e. The van der Waals surface area contributed by atoms with Gasteiger partial charge >= 0.3 is 0 Å². The lowest BCUT2D eigenvalue weighted by molar-refractivity contribution is -0.0646. The third-order valence-electron chi connectivity index (χ3n) is 2.65. The number of hydrogen-bond acceptors (Lipinski definition) is 7. The van der Waals surface area contributed by atoms with Crippen LogP contribution in [0.15, 0.2) is 11.1 Å². The quantitative estimate of drug-likeness (QED) is 0.599. The van der Waals surface area contributed by atoms with Crippen LogP contribution in [0.2, 0.25) is 0 Å². The zero-order valence-corrected chi connectivity index (χ0v) is 11.1. The summed E-state index contributed by atoms with van der Waals surface area (Å²) in [6, 6.07) is 0. The molecule has 0 saturated carbocycles. The summed E-state index contributed by atoms with van der Waals surface area (Å²) in [6.45, 7) is 2.61. The molecule has 1 atom stereocenters. The van der Waals surface area contributed by atoms with Crippen molar-refractivity contribution < 1.29 is 14.6 Å². The highest BCUT2D eigenvalue weighted by molar-refractivity contribution is 5.70. The number of H-pyrrole nitrogens is 1. The van der Waals surface area contributed by atoms with Gasteiger partial charge in [-0.1, -0.05) is 0 Å². The van der Waals surface area contributed by atoms with Crippen LogP contribution >= 0.6 is 0 Å². The molecule has 2 rings (SSSR count). The van der Waals surface area contributed by atoms with Gasteiger partial charge < -0.3 is 20.3 Å². The Morgan fingerprint density at radius 2 is 2.40 bits per heavy atom. The first-order valence-corrected chi connectivity index (χ1v) is 6.16. The molecule has 20 heavy (non-hydrogen) atoms. The van der Waals surface area contributed by atoms with Gasteiger partial charge in [-0.2, -0.15) is 4.98 Å². The molecule has 0 fully saturated rings. The molecule has 0 aromatic carbocycles. The molecule has 110 valence electrons. The van der Waals surface area contributed by atoms with Gasteiger partial charge in [-0.3, -0.25) is 14.3 Å². The van der Waals surface area contributed by atoms with E-state index in [-0.39, 0.29) is 31.4 Å². The van der Waals surface area contributed by atoms with Crippen molar-refractivity contribution in [3.8, 4) is 0 Å². The first-order valence-electron chi connectivity index (χ1n) is 6.16. The second kappa shape index (κ2) is 6.46. The molecule has 2 aromatic heterocycles. The van der Waals surface area contributed by atoms with Crippen molar-refractivity contribution in [2.75, 3.05) is 25.6 Å². The molecule has 0 saturated heterocycles. The molecular formula is C11H17N5O4.